The summed E-state index contributed by atoms with van der Waals surface area (Å²) in [7, 11) is 1.52. The summed E-state index contributed by atoms with van der Waals surface area (Å²) in [5.74, 6) is -0.140. The average Bonchev–Trinajstić information content (AvgIpc) is 3.34. The van der Waals surface area contributed by atoms with Crippen LogP contribution >= 0.6 is 11.6 Å². The highest BCUT2D eigenvalue weighted by Gasteiger charge is 2.41. The maximum Gasteiger partial charge on any atom is 0.431 e. The van der Waals surface area contributed by atoms with E-state index in [0.717, 1.165) is 4.57 Å². The van der Waals surface area contributed by atoms with Crippen LogP contribution in [0.25, 0.3) is 11.1 Å². The zero-order valence-corrected chi connectivity index (χ0v) is 20.1. The molecule has 2 aromatic heterocycles. The molecule has 2 heterocycles. The number of nitrogens with zero attached hydrogens (tertiary/aromatic N) is 3. The Morgan fingerprint density at radius 3 is 2.31 bits per heavy atom. The van der Waals surface area contributed by atoms with E-state index in [1.165, 1.54) is 18.9 Å². The predicted octanol–water partition coefficient (Wildman–Crippen LogP) is 6.75. The third-order valence-corrected chi connectivity index (χ3v) is 5.96. The molecule has 0 aliphatic carbocycles. The summed E-state index contributed by atoms with van der Waals surface area (Å²) in [5, 5.41) is 4.26. The van der Waals surface area contributed by atoms with Crippen LogP contribution < -0.4 is 0 Å². The van der Waals surface area contributed by atoms with Gasteiger partial charge in [-0.05, 0) is 42.7 Å². The van der Waals surface area contributed by atoms with Crippen molar-refractivity contribution in [2.24, 2.45) is 0 Å². The van der Waals surface area contributed by atoms with Gasteiger partial charge in [0.2, 0.25) is 0 Å². The van der Waals surface area contributed by atoms with E-state index in [0.29, 0.717) is 27.6 Å². The van der Waals surface area contributed by atoms with Crippen molar-refractivity contribution in [3.8, 4) is 11.1 Å². The molecule has 182 valence electrons. The van der Waals surface area contributed by atoms with E-state index in [9.17, 15) is 18.0 Å². The molecule has 9 heteroatoms. The number of hydrogen-bond acceptors (Lipinski definition) is 3. The van der Waals surface area contributed by atoms with Crippen molar-refractivity contribution in [1.82, 2.24) is 14.6 Å². The Labute approximate surface area is 205 Å². The van der Waals surface area contributed by atoms with Gasteiger partial charge in [0, 0.05) is 30.2 Å². The molecule has 2 aromatic carbocycles. The molecule has 5 nitrogen and oxygen atoms in total. The number of benzene rings is 2. The predicted molar refractivity (Wildman–Crippen MR) is 127 cm³/mol. The Morgan fingerprint density at radius 2 is 1.74 bits per heavy atom. The van der Waals surface area contributed by atoms with E-state index in [1.54, 1.807) is 67.6 Å². The molecule has 0 radical (unpaired) electrons. The van der Waals surface area contributed by atoms with Crippen LogP contribution in [0.1, 0.15) is 38.8 Å². The fourth-order valence-corrected chi connectivity index (χ4v) is 4.33. The smallest absolute Gasteiger partial charge is 0.359 e. The molecule has 0 unspecified atom stereocenters. The largest absolute Gasteiger partial charge is 0.431 e. The van der Waals surface area contributed by atoms with Gasteiger partial charge in [0.1, 0.15) is 11.4 Å². The number of carbonyl (C=O) groups is 1. The normalized spacial score (nSPS) is 11.6. The number of aryl methyl sites for hydroxylation is 1. The second-order valence-electron chi connectivity index (χ2n) is 8.37. The summed E-state index contributed by atoms with van der Waals surface area (Å²) in [6.45, 7) is 3.07. The molecular weight excluding hydrogens is 479 g/mol. The Balaban J connectivity index is 1.92. The molecular formula is C26H23ClF3N3O2. The molecule has 0 bridgehead atoms. The Bertz CT molecular complexity index is 1340. The third kappa shape index (κ3) is 5.12. The Hall–Kier alpha value is -3.52. The molecule has 0 saturated carbocycles. The number of rotatable bonds is 6. The molecule has 0 fully saturated rings. The van der Waals surface area contributed by atoms with Gasteiger partial charge >= 0.3 is 6.18 Å². The summed E-state index contributed by atoms with van der Waals surface area (Å²) < 4.78 is 49.5. The Kier molecular flexibility index (Phi) is 6.76. The minimum Gasteiger partial charge on any atom is -0.359 e. The van der Waals surface area contributed by atoms with Gasteiger partial charge < -0.3 is 14.0 Å². The lowest BCUT2D eigenvalue weighted by molar-refractivity contribution is -0.143. The fourth-order valence-electron chi connectivity index (χ4n) is 4.20. The second-order valence-corrected chi connectivity index (χ2v) is 8.81. The van der Waals surface area contributed by atoms with Crippen molar-refractivity contribution in [3.63, 3.8) is 0 Å². The van der Waals surface area contributed by atoms with Crippen LogP contribution in [0, 0.1) is 13.8 Å². The van der Waals surface area contributed by atoms with Gasteiger partial charge in [-0.1, -0.05) is 59.2 Å². The van der Waals surface area contributed by atoms with E-state index in [4.69, 9.17) is 16.1 Å². The molecule has 0 atom stereocenters. The van der Waals surface area contributed by atoms with Crippen LogP contribution in [0.15, 0.2) is 65.2 Å². The lowest BCUT2D eigenvalue weighted by Gasteiger charge is -2.20. The molecule has 4 aromatic rings. The van der Waals surface area contributed by atoms with Gasteiger partial charge in [0.15, 0.2) is 5.76 Å². The van der Waals surface area contributed by atoms with Crippen molar-refractivity contribution < 1.29 is 22.5 Å². The van der Waals surface area contributed by atoms with E-state index >= 15 is 0 Å². The molecule has 0 aliphatic heterocycles. The minimum atomic E-state index is -4.68. The quantitative estimate of drug-likeness (QED) is 0.293. The van der Waals surface area contributed by atoms with E-state index < -0.39 is 17.8 Å². The van der Waals surface area contributed by atoms with Crippen LogP contribution in [0.2, 0.25) is 5.02 Å². The molecule has 0 spiro atoms. The minimum absolute atomic E-state index is 0.0250. The van der Waals surface area contributed by atoms with Crippen molar-refractivity contribution in [2.75, 3.05) is 7.05 Å². The summed E-state index contributed by atoms with van der Waals surface area (Å²) >= 11 is 6.02. The molecule has 35 heavy (non-hydrogen) atoms. The first-order chi connectivity index (χ1) is 16.6. The average molecular weight is 502 g/mol. The summed E-state index contributed by atoms with van der Waals surface area (Å²) in [6, 6.07) is 16.8. The lowest BCUT2D eigenvalue weighted by atomic mass is 10.00. The molecule has 1 amide bonds. The first kappa shape index (κ1) is 24.6. The molecule has 0 aliphatic rings. The summed E-state index contributed by atoms with van der Waals surface area (Å²) in [4.78, 5) is 15.1. The topological polar surface area (TPSA) is 51.3 Å². The summed E-state index contributed by atoms with van der Waals surface area (Å²) in [6.07, 6.45) is -4.68. The van der Waals surface area contributed by atoms with Crippen molar-refractivity contribution in [3.05, 3.63) is 99.7 Å². The van der Waals surface area contributed by atoms with Gasteiger partial charge in [-0.3, -0.25) is 4.79 Å². The van der Waals surface area contributed by atoms with Gasteiger partial charge in [-0.15, -0.1) is 0 Å². The highest BCUT2D eigenvalue weighted by molar-refractivity contribution is 6.30. The van der Waals surface area contributed by atoms with Gasteiger partial charge in [-0.2, -0.15) is 13.2 Å². The number of halogens is 4. The first-order valence-electron chi connectivity index (χ1n) is 10.8. The van der Waals surface area contributed by atoms with Gasteiger partial charge in [0.25, 0.3) is 5.91 Å². The van der Waals surface area contributed by atoms with Crippen molar-refractivity contribution in [2.45, 2.75) is 33.1 Å². The van der Waals surface area contributed by atoms with Crippen LogP contribution in [0.4, 0.5) is 13.2 Å². The van der Waals surface area contributed by atoms with E-state index in [2.05, 4.69) is 5.16 Å². The zero-order chi connectivity index (χ0) is 25.3. The van der Waals surface area contributed by atoms with Crippen molar-refractivity contribution >= 4 is 17.5 Å². The maximum atomic E-state index is 14.4. The number of aromatic nitrogens is 2. The van der Waals surface area contributed by atoms with Crippen LogP contribution in [0.5, 0.6) is 0 Å². The standard InChI is InChI=1S/C26H23ClF3N3O2/c1-16-13-21(35-31-16)15-32(3)25(34)23-22(19-9-11-20(27)12-10-19)17(2)24(26(28,29)30)33(23)14-18-7-5-4-6-8-18/h4-13H,14-15H2,1-3H3. The van der Waals surface area contributed by atoms with E-state index in [1.807, 2.05) is 0 Å². The number of carbonyl (C=O) groups excluding carboxylic acids is 1. The van der Waals surface area contributed by atoms with E-state index in [-0.39, 0.29) is 29.9 Å². The highest BCUT2D eigenvalue weighted by Crippen LogP contribution is 2.42. The SMILES string of the molecule is Cc1cc(CN(C)C(=O)c2c(-c3ccc(Cl)cc3)c(C)c(C(F)(F)F)n2Cc2ccccc2)on1. The van der Waals surface area contributed by atoms with Gasteiger partial charge in [0.05, 0.1) is 12.2 Å². The maximum absolute atomic E-state index is 14.4. The molecule has 0 N–H and O–H groups in total. The zero-order valence-electron chi connectivity index (χ0n) is 19.4. The first-order valence-corrected chi connectivity index (χ1v) is 11.2. The monoisotopic (exact) mass is 501 g/mol. The molecule has 0 saturated heterocycles. The summed E-state index contributed by atoms with van der Waals surface area (Å²) in [5.41, 5.74) is 1.02. The molecule has 4 rings (SSSR count). The van der Waals surface area contributed by atoms with Crippen LogP contribution in [-0.4, -0.2) is 27.6 Å². The highest BCUT2D eigenvalue weighted by atomic mass is 35.5. The third-order valence-electron chi connectivity index (χ3n) is 5.71. The van der Waals surface area contributed by atoms with Crippen molar-refractivity contribution in [1.29, 1.82) is 0 Å². The van der Waals surface area contributed by atoms with Crippen LogP contribution in [-0.2, 0) is 19.3 Å². The number of hydrogen-bond donors (Lipinski definition) is 0. The Morgan fingerprint density at radius 1 is 1.09 bits per heavy atom. The fraction of sp³-hybridized carbons (Fsp3) is 0.231. The lowest BCUT2D eigenvalue weighted by Crippen LogP contribution is -2.30. The number of alkyl halides is 3. The second kappa shape index (κ2) is 9.62. The van der Waals surface area contributed by atoms with Gasteiger partial charge in [-0.25, -0.2) is 0 Å². The van der Waals surface area contributed by atoms with Crippen LogP contribution in [0.3, 0.4) is 0 Å². The number of amides is 1.